The van der Waals surface area contributed by atoms with Gasteiger partial charge in [-0.25, -0.2) is 5.10 Å². The van der Waals surface area contributed by atoms with Gasteiger partial charge in [0.25, 0.3) is 5.56 Å². The molecule has 1 aromatic carbocycles. The van der Waals surface area contributed by atoms with Crippen LogP contribution in [0.5, 0.6) is 11.5 Å². The largest absolute Gasteiger partial charge is 0.493 e. The van der Waals surface area contributed by atoms with Crippen molar-refractivity contribution in [3.63, 3.8) is 0 Å². The molecule has 0 aliphatic rings. The van der Waals surface area contributed by atoms with Gasteiger partial charge in [0.2, 0.25) is 0 Å². The molecule has 0 fully saturated rings. The number of methoxy groups -OCH3 is 2. The first-order chi connectivity index (χ1) is 10.1. The van der Waals surface area contributed by atoms with E-state index in [4.69, 9.17) is 21.1 Å². The first-order valence-corrected chi connectivity index (χ1v) is 6.66. The average molecular weight is 310 g/mol. The molecule has 1 unspecified atom stereocenters. The van der Waals surface area contributed by atoms with Gasteiger partial charge < -0.3 is 14.8 Å². The fourth-order valence-corrected chi connectivity index (χ4v) is 2.07. The van der Waals surface area contributed by atoms with Crippen LogP contribution < -0.4 is 20.3 Å². The van der Waals surface area contributed by atoms with Gasteiger partial charge in [-0.3, -0.25) is 4.79 Å². The summed E-state index contributed by atoms with van der Waals surface area (Å²) in [5, 5.41) is 9.22. The number of halogens is 1. The van der Waals surface area contributed by atoms with E-state index in [1.807, 2.05) is 25.1 Å². The second-order valence-corrected chi connectivity index (χ2v) is 4.79. The van der Waals surface area contributed by atoms with Crippen molar-refractivity contribution in [3.8, 4) is 11.5 Å². The molecule has 0 spiro atoms. The second-order valence-electron chi connectivity index (χ2n) is 4.41. The molecule has 112 valence electrons. The zero-order valence-electron chi connectivity index (χ0n) is 11.9. The molecule has 0 aliphatic carbocycles. The van der Waals surface area contributed by atoms with Crippen LogP contribution in [-0.2, 0) is 0 Å². The summed E-state index contributed by atoms with van der Waals surface area (Å²) < 4.78 is 10.5. The molecule has 0 saturated carbocycles. The van der Waals surface area contributed by atoms with Crippen molar-refractivity contribution in [1.82, 2.24) is 10.2 Å². The molecule has 0 radical (unpaired) electrons. The maximum absolute atomic E-state index is 11.4. The second kappa shape index (κ2) is 6.49. The molecule has 1 heterocycles. The highest BCUT2D eigenvalue weighted by atomic mass is 35.5. The van der Waals surface area contributed by atoms with E-state index >= 15 is 0 Å². The van der Waals surface area contributed by atoms with Gasteiger partial charge in [0.1, 0.15) is 5.02 Å². The highest BCUT2D eigenvalue weighted by molar-refractivity contribution is 6.32. The number of rotatable bonds is 5. The van der Waals surface area contributed by atoms with Crippen LogP contribution in [0.1, 0.15) is 18.5 Å². The minimum atomic E-state index is -0.429. The maximum Gasteiger partial charge on any atom is 0.285 e. The maximum atomic E-state index is 11.4. The lowest BCUT2D eigenvalue weighted by atomic mass is 10.1. The van der Waals surface area contributed by atoms with Crippen LogP contribution in [-0.4, -0.2) is 24.4 Å². The number of benzene rings is 1. The van der Waals surface area contributed by atoms with E-state index in [2.05, 4.69) is 15.5 Å². The van der Waals surface area contributed by atoms with Gasteiger partial charge in [-0.2, -0.15) is 5.10 Å². The number of nitrogens with zero attached hydrogens (tertiary/aromatic N) is 1. The number of H-pyrrole nitrogens is 1. The van der Waals surface area contributed by atoms with Crippen molar-refractivity contribution in [2.45, 2.75) is 13.0 Å². The van der Waals surface area contributed by atoms with Gasteiger partial charge in [-0.15, -0.1) is 0 Å². The summed E-state index contributed by atoms with van der Waals surface area (Å²) >= 11 is 5.94. The molecule has 0 aliphatic heterocycles. The summed E-state index contributed by atoms with van der Waals surface area (Å²) in [4.78, 5) is 11.4. The molecule has 2 aromatic rings. The van der Waals surface area contributed by atoms with E-state index in [1.165, 1.54) is 6.20 Å². The van der Waals surface area contributed by atoms with Gasteiger partial charge in [-0.05, 0) is 24.6 Å². The van der Waals surface area contributed by atoms with Crippen molar-refractivity contribution >= 4 is 17.3 Å². The third kappa shape index (κ3) is 3.28. The highest BCUT2D eigenvalue weighted by Crippen LogP contribution is 2.31. The van der Waals surface area contributed by atoms with Crippen molar-refractivity contribution in [1.29, 1.82) is 0 Å². The van der Waals surface area contributed by atoms with Gasteiger partial charge in [-0.1, -0.05) is 17.7 Å². The zero-order valence-corrected chi connectivity index (χ0v) is 12.7. The molecule has 21 heavy (non-hydrogen) atoms. The van der Waals surface area contributed by atoms with Crippen LogP contribution in [0.15, 0.2) is 29.2 Å². The molecule has 2 N–H and O–H groups in total. The van der Waals surface area contributed by atoms with Crippen molar-refractivity contribution in [2.75, 3.05) is 19.5 Å². The highest BCUT2D eigenvalue weighted by Gasteiger charge is 2.12. The molecule has 2 rings (SSSR count). The lowest BCUT2D eigenvalue weighted by Gasteiger charge is -2.17. The normalized spacial score (nSPS) is 11.8. The molecular weight excluding hydrogens is 294 g/mol. The van der Waals surface area contributed by atoms with E-state index in [0.29, 0.717) is 17.2 Å². The third-order valence-electron chi connectivity index (χ3n) is 3.08. The first-order valence-electron chi connectivity index (χ1n) is 6.28. The molecule has 7 heteroatoms. The van der Waals surface area contributed by atoms with Crippen LogP contribution >= 0.6 is 11.6 Å². The summed E-state index contributed by atoms with van der Waals surface area (Å²) in [6.07, 6.45) is 1.47. The number of aromatic nitrogens is 2. The molecule has 0 saturated heterocycles. The Morgan fingerprint density at radius 1 is 1.29 bits per heavy atom. The van der Waals surface area contributed by atoms with E-state index < -0.39 is 5.56 Å². The summed E-state index contributed by atoms with van der Waals surface area (Å²) in [7, 11) is 3.16. The number of hydrogen-bond acceptors (Lipinski definition) is 5. The number of hydrogen-bond donors (Lipinski definition) is 2. The van der Waals surface area contributed by atoms with Crippen molar-refractivity contribution in [2.24, 2.45) is 0 Å². The summed E-state index contributed by atoms with van der Waals surface area (Å²) in [5.41, 5.74) is 1.01. The third-order valence-corrected chi connectivity index (χ3v) is 3.45. The summed E-state index contributed by atoms with van der Waals surface area (Å²) in [6.45, 7) is 1.94. The van der Waals surface area contributed by atoms with Gasteiger partial charge in [0, 0.05) is 6.04 Å². The number of ether oxygens (including phenoxy) is 2. The Morgan fingerprint density at radius 2 is 2.00 bits per heavy atom. The summed E-state index contributed by atoms with van der Waals surface area (Å²) in [6, 6.07) is 5.51. The topological polar surface area (TPSA) is 76.2 Å². The molecule has 0 bridgehead atoms. The Hall–Kier alpha value is -2.21. The lowest BCUT2D eigenvalue weighted by Crippen LogP contribution is -2.14. The Bertz CT molecular complexity index is 687. The van der Waals surface area contributed by atoms with Crippen LogP contribution in [0, 0.1) is 0 Å². The smallest absolute Gasteiger partial charge is 0.285 e. The van der Waals surface area contributed by atoms with Crippen LogP contribution in [0.25, 0.3) is 0 Å². The van der Waals surface area contributed by atoms with E-state index in [0.717, 1.165) is 5.56 Å². The summed E-state index contributed by atoms with van der Waals surface area (Å²) in [5.74, 6) is 1.29. The number of anilines is 1. The van der Waals surface area contributed by atoms with E-state index in [-0.39, 0.29) is 11.1 Å². The van der Waals surface area contributed by atoms with Gasteiger partial charge in [0.15, 0.2) is 11.5 Å². The zero-order chi connectivity index (χ0) is 15.4. The predicted molar refractivity (Wildman–Crippen MR) is 81.5 cm³/mol. The Balaban J connectivity index is 2.26. The molecule has 0 amide bonds. The monoisotopic (exact) mass is 309 g/mol. The lowest BCUT2D eigenvalue weighted by molar-refractivity contribution is 0.354. The molecule has 1 atom stereocenters. The Morgan fingerprint density at radius 3 is 2.67 bits per heavy atom. The van der Waals surface area contributed by atoms with E-state index in [9.17, 15) is 4.79 Å². The van der Waals surface area contributed by atoms with Gasteiger partial charge >= 0.3 is 0 Å². The molecule has 1 aromatic heterocycles. The standard InChI is InChI=1S/C14H16ClN3O3/c1-8(17-10-7-16-18-14(19)13(10)15)9-4-5-11(20-2)12(6-9)21-3/h4-8H,1-3H3,(H2,17,18,19). The quantitative estimate of drug-likeness (QED) is 0.888. The van der Waals surface area contributed by atoms with Crippen LogP contribution in [0.4, 0.5) is 5.69 Å². The van der Waals surface area contributed by atoms with Crippen molar-refractivity contribution in [3.05, 3.63) is 45.3 Å². The van der Waals surface area contributed by atoms with Gasteiger partial charge in [0.05, 0.1) is 26.1 Å². The minimum Gasteiger partial charge on any atom is -0.493 e. The average Bonchev–Trinajstić information content (AvgIpc) is 2.51. The van der Waals surface area contributed by atoms with Crippen LogP contribution in [0.2, 0.25) is 5.02 Å². The molecule has 6 nitrogen and oxygen atoms in total. The fourth-order valence-electron chi connectivity index (χ4n) is 1.92. The SMILES string of the molecule is COc1ccc(C(C)Nc2cn[nH]c(=O)c2Cl)cc1OC. The fraction of sp³-hybridized carbons (Fsp3) is 0.286. The Kier molecular flexibility index (Phi) is 4.70. The number of aromatic amines is 1. The van der Waals surface area contributed by atoms with E-state index in [1.54, 1.807) is 14.2 Å². The van der Waals surface area contributed by atoms with Crippen LogP contribution in [0.3, 0.4) is 0 Å². The minimum absolute atomic E-state index is 0.0809. The first kappa shape index (κ1) is 15.2. The predicted octanol–water partition coefficient (Wildman–Crippen LogP) is 2.61. The Labute approximate surface area is 127 Å². The molecular formula is C14H16ClN3O3. The van der Waals surface area contributed by atoms with Crippen molar-refractivity contribution < 1.29 is 9.47 Å². The number of nitrogens with one attached hydrogen (secondary N) is 2.